The van der Waals surface area contributed by atoms with Crippen LogP contribution in [-0.4, -0.2) is 27.4 Å². The van der Waals surface area contributed by atoms with E-state index in [4.69, 9.17) is 0 Å². The summed E-state index contributed by atoms with van der Waals surface area (Å²) in [7, 11) is 0. The molecule has 0 spiro atoms. The van der Waals surface area contributed by atoms with Crippen molar-refractivity contribution in [3.05, 3.63) is 62.9 Å². The fraction of sp³-hybridized carbons (Fsp3) is 0.381. The lowest BCUT2D eigenvalue weighted by atomic mass is 10.0. The number of nitrogens with one attached hydrogen (secondary N) is 3. The highest BCUT2D eigenvalue weighted by Gasteiger charge is 2.26. The molecule has 2 amide bonds. The molecule has 0 aliphatic rings. The van der Waals surface area contributed by atoms with Crippen molar-refractivity contribution in [2.24, 2.45) is 5.92 Å². The van der Waals surface area contributed by atoms with Gasteiger partial charge in [-0.05, 0) is 30.5 Å². The molecule has 0 aliphatic carbocycles. The number of nitriles is 1. The van der Waals surface area contributed by atoms with Gasteiger partial charge in [-0.1, -0.05) is 19.9 Å². The lowest BCUT2D eigenvalue weighted by Crippen LogP contribution is -2.43. The van der Waals surface area contributed by atoms with Crippen molar-refractivity contribution < 1.29 is 9.59 Å². The van der Waals surface area contributed by atoms with Crippen LogP contribution < -0.4 is 21.8 Å². The molecular formula is C21H25N5O4. The number of pyridine rings is 2. The molecule has 2 rings (SSSR count). The molecule has 30 heavy (non-hydrogen) atoms. The van der Waals surface area contributed by atoms with E-state index in [9.17, 15) is 24.4 Å². The van der Waals surface area contributed by atoms with Crippen molar-refractivity contribution in [2.45, 2.75) is 45.7 Å². The van der Waals surface area contributed by atoms with Gasteiger partial charge in [0, 0.05) is 31.3 Å². The number of carbonyl (C=O) groups is 2. The SMILES string of the molecule is CC(=O)Nc1cccn([C@@H](CC(C)C)C(=O)N[C@H](C#N)Cc2ccc[nH]c2=O)c1=O. The minimum Gasteiger partial charge on any atom is -0.338 e. The second-order valence-corrected chi connectivity index (χ2v) is 7.38. The van der Waals surface area contributed by atoms with Crippen LogP contribution in [0.3, 0.4) is 0 Å². The third-order valence-electron chi connectivity index (χ3n) is 4.41. The summed E-state index contributed by atoms with van der Waals surface area (Å²) in [5.41, 5.74) is -0.403. The number of H-pyrrole nitrogens is 1. The van der Waals surface area contributed by atoms with Crippen LogP contribution in [0, 0.1) is 17.2 Å². The summed E-state index contributed by atoms with van der Waals surface area (Å²) in [5.74, 6) is -0.827. The van der Waals surface area contributed by atoms with Crippen LogP contribution in [0.25, 0.3) is 0 Å². The van der Waals surface area contributed by atoms with Crippen LogP contribution in [0.15, 0.2) is 46.2 Å². The molecule has 0 saturated heterocycles. The van der Waals surface area contributed by atoms with E-state index in [2.05, 4.69) is 15.6 Å². The Kier molecular flexibility index (Phi) is 7.69. The summed E-state index contributed by atoms with van der Waals surface area (Å²) in [5, 5.41) is 14.6. The molecule has 3 N–H and O–H groups in total. The fourth-order valence-corrected chi connectivity index (χ4v) is 3.07. The molecule has 9 heteroatoms. The maximum absolute atomic E-state index is 13.0. The number of anilines is 1. The average Bonchev–Trinajstić information content (AvgIpc) is 2.68. The zero-order valence-electron chi connectivity index (χ0n) is 17.1. The molecule has 0 aliphatic heterocycles. The van der Waals surface area contributed by atoms with E-state index in [-0.39, 0.29) is 23.6 Å². The van der Waals surface area contributed by atoms with E-state index in [0.717, 1.165) is 0 Å². The van der Waals surface area contributed by atoms with Gasteiger partial charge < -0.3 is 20.2 Å². The van der Waals surface area contributed by atoms with Gasteiger partial charge in [0.25, 0.3) is 11.1 Å². The molecule has 0 bridgehead atoms. The van der Waals surface area contributed by atoms with Crippen LogP contribution in [0.5, 0.6) is 0 Å². The van der Waals surface area contributed by atoms with Crippen molar-refractivity contribution in [1.82, 2.24) is 14.9 Å². The number of nitrogens with zero attached hydrogens (tertiary/aromatic N) is 2. The van der Waals surface area contributed by atoms with E-state index in [1.807, 2.05) is 19.9 Å². The molecule has 0 fully saturated rings. The maximum Gasteiger partial charge on any atom is 0.275 e. The predicted octanol–water partition coefficient (Wildman–Crippen LogP) is 1.33. The normalized spacial score (nSPS) is 12.6. The largest absolute Gasteiger partial charge is 0.338 e. The number of aromatic amines is 1. The first-order chi connectivity index (χ1) is 14.2. The van der Waals surface area contributed by atoms with E-state index < -0.39 is 29.5 Å². The van der Waals surface area contributed by atoms with E-state index in [1.54, 1.807) is 18.2 Å². The Hall–Kier alpha value is -3.67. The molecule has 2 aromatic rings. The molecule has 0 unspecified atom stereocenters. The Morgan fingerprint density at radius 3 is 2.57 bits per heavy atom. The number of rotatable bonds is 8. The standard InChI is InChI=1S/C21H25N5O4/c1-13(2)10-18(26-9-5-7-17(21(26)30)24-14(3)27)20(29)25-16(12-22)11-15-6-4-8-23-19(15)28/h4-9,13,16,18H,10-11H2,1-3H3,(H,23,28)(H,24,27)(H,25,29)/t16-,18-/m0/s1. The molecule has 2 heterocycles. The first kappa shape index (κ1) is 22.6. The second kappa shape index (κ2) is 10.2. The lowest BCUT2D eigenvalue weighted by molar-refractivity contribution is -0.125. The van der Waals surface area contributed by atoms with Gasteiger partial charge in [0.1, 0.15) is 17.8 Å². The lowest BCUT2D eigenvalue weighted by Gasteiger charge is -2.23. The van der Waals surface area contributed by atoms with E-state index >= 15 is 0 Å². The van der Waals surface area contributed by atoms with Gasteiger partial charge in [0.2, 0.25) is 11.8 Å². The number of hydrogen-bond acceptors (Lipinski definition) is 5. The molecule has 0 saturated carbocycles. The first-order valence-corrected chi connectivity index (χ1v) is 9.58. The summed E-state index contributed by atoms with van der Waals surface area (Å²) in [6.07, 6.45) is 3.34. The van der Waals surface area contributed by atoms with Crippen LogP contribution in [0.2, 0.25) is 0 Å². The summed E-state index contributed by atoms with van der Waals surface area (Å²) in [4.78, 5) is 51.5. The summed E-state index contributed by atoms with van der Waals surface area (Å²) in [6.45, 7) is 5.11. The van der Waals surface area contributed by atoms with Crippen molar-refractivity contribution in [3.8, 4) is 6.07 Å². The van der Waals surface area contributed by atoms with Crippen molar-refractivity contribution in [1.29, 1.82) is 5.26 Å². The molecule has 0 aromatic carbocycles. The quantitative estimate of drug-likeness (QED) is 0.602. The minimum atomic E-state index is -0.940. The Balaban J connectivity index is 2.31. The van der Waals surface area contributed by atoms with Gasteiger partial charge in [0.05, 0.1) is 6.07 Å². The third kappa shape index (κ3) is 5.91. The zero-order valence-corrected chi connectivity index (χ0v) is 17.1. The highest BCUT2D eigenvalue weighted by molar-refractivity contribution is 5.88. The third-order valence-corrected chi connectivity index (χ3v) is 4.41. The number of hydrogen-bond donors (Lipinski definition) is 3. The van der Waals surface area contributed by atoms with Crippen molar-refractivity contribution in [3.63, 3.8) is 0 Å². The highest BCUT2D eigenvalue weighted by Crippen LogP contribution is 2.18. The summed E-state index contributed by atoms with van der Waals surface area (Å²) < 4.78 is 1.25. The topological polar surface area (TPSA) is 137 Å². The Labute approximate surface area is 173 Å². The highest BCUT2D eigenvalue weighted by atomic mass is 16.2. The van der Waals surface area contributed by atoms with Gasteiger partial charge in [-0.25, -0.2) is 0 Å². The molecule has 158 valence electrons. The van der Waals surface area contributed by atoms with Crippen molar-refractivity contribution in [2.75, 3.05) is 5.32 Å². The first-order valence-electron chi connectivity index (χ1n) is 9.58. The van der Waals surface area contributed by atoms with Gasteiger partial charge in [-0.2, -0.15) is 5.26 Å². The van der Waals surface area contributed by atoms with E-state index in [1.165, 1.54) is 30.0 Å². The molecular weight excluding hydrogens is 386 g/mol. The van der Waals surface area contributed by atoms with Gasteiger partial charge >= 0.3 is 0 Å². The zero-order chi connectivity index (χ0) is 22.3. The Morgan fingerprint density at radius 2 is 1.97 bits per heavy atom. The molecule has 2 atom stereocenters. The number of carbonyl (C=O) groups excluding carboxylic acids is 2. The molecule has 0 radical (unpaired) electrons. The summed E-state index contributed by atoms with van der Waals surface area (Å²) >= 11 is 0. The minimum absolute atomic E-state index is 0.0354. The molecule has 2 aromatic heterocycles. The number of aromatic nitrogens is 2. The Bertz CT molecular complexity index is 1060. The summed E-state index contributed by atoms with van der Waals surface area (Å²) in [6, 6.07) is 6.43. The van der Waals surface area contributed by atoms with E-state index in [0.29, 0.717) is 12.0 Å². The van der Waals surface area contributed by atoms with Gasteiger partial charge in [-0.3, -0.25) is 19.2 Å². The molecule has 9 nitrogen and oxygen atoms in total. The van der Waals surface area contributed by atoms with Crippen molar-refractivity contribution >= 4 is 17.5 Å². The van der Waals surface area contributed by atoms with Gasteiger partial charge in [-0.15, -0.1) is 0 Å². The predicted molar refractivity (Wildman–Crippen MR) is 112 cm³/mol. The van der Waals surface area contributed by atoms with Crippen LogP contribution in [0.4, 0.5) is 5.69 Å². The fourth-order valence-electron chi connectivity index (χ4n) is 3.07. The Morgan fingerprint density at radius 1 is 1.23 bits per heavy atom. The van der Waals surface area contributed by atoms with Crippen LogP contribution >= 0.6 is 0 Å². The number of amides is 2. The average molecular weight is 411 g/mol. The second-order valence-electron chi connectivity index (χ2n) is 7.38. The van der Waals surface area contributed by atoms with Gasteiger partial charge in [0.15, 0.2) is 0 Å². The van der Waals surface area contributed by atoms with Crippen LogP contribution in [-0.2, 0) is 16.0 Å². The maximum atomic E-state index is 13.0. The monoisotopic (exact) mass is 411 g/mol. The smallest absolute Gasteiger partial charge is 0.275 e. The van der Waals surface area contributed by atoms with Crippen LogP contribution in [0.1, 0.15) is 38.8 Å².